The molecule has 0 unspecified atom stereocenters. The second kappa shape index (κ2) is 6.97. The number of hydrogen-bond acceptors (Lipinski definition) is 3. The van der Waals surface area contributed by atoms with E-state index in [0.717, 1.165) is 12.3 Å². The van der Waals surface area contributed by atoms with Crippen molar-refractivity contribution in [1.29, 1.82) is 0 Å². The van der Waals surface area contributed by atoms with E-state index in [1.165, 1.54) is 25.9 Å². The maximum Gasteiger partial charge on any atom is 0.223 e. The summed E-state index contributed by atoms with van der Waals surface area (Å²) in [7, 11) is 4.09. The summed E-state index contributed by atoms with van der Waals surface area (Å²) in [5.41, 5.74) is 0. The third-order valence-electron chi connectivity index (χ3n) is 3.60. The largest absolute Gasteiger partial charge is 0.341 e. The summed E-state index contributed by atoms with van der Waals surface area (Å²) in [6, 6.07) is 0. The summed E-state index contributed by atoms with van der Waals surface area (Å²) in [6.07, 6.45) is 3.65. The molecule has 1 saturated heterocycles. The quantitative estimate of drug-likeness (QED) is 0.707. The van der Waals surface area contributed by atoms with Crippen molar-refractivity contribution in [2.24, 2.45) is 11.8 Å². The number of likely N-dealkylation sites (tertiary alicyclic amines) is 1. The van der Waals surface area contributed by atoms with Crippen LogP contribution in [0.3, 0.4) is 0 Å². The number of amides is 1. The van der Waals surface area contributed by atoms with Gasteiger partial charge in [-0.25, -0.2) is 0 Å². The van der Waals surface area contributed by atoms with Gasteiger partial charge in [-0.2, -0.15) is 0 Å². The molecule has 0 radical (unpaired) electrons. The van der Waals surface area contributed by atoms with Crippen LogP contribution < -0.4 is 10.6 Å². The van der Waals surface area contributed by atoms with E-state index >= 15 is 0 Å². The molecule has 0 aromatic rings. The molecule has 1 heterocycles. The molecular formula is C13H27N3O. The van der Waals surface area contributed by atoms with Crippen molar-refractivity contribution >= 4 is 5.91 Å². The average Bonchev–Trinajstić information content (AvgIpc) is 2.30. The molecule has 1 atom stereocenters. The molecule has 1 fully saturated rings. The van der Waals surface area contributed by atoms with E-state index in [-0.39, 0.29) is 18.0 Å². The highest BCUT2D eigenvalue weighted by atomic mass is 16.2. The van der Waals surface area contributed by atoms with E-state index in [0.29, 0.717) is 0 Å². The van der Waals surface area contributed by atoms with Gasteiger partial charge in [0.25, 0.3) is 0 Å². The van der Waals surface area contributed by atoms with E-state index in [4.69, 9.17) is 0 Å². The summed E-state index contributed by atoms with van der Waals surface area (Å²) in [5.74, 6) is 0.928. The predicted molar refractivity (Wildman–Crippen MR) is 70.7 cm³/mol. The highest BCUT2D eigenvalue weighted by molar-refractivity contribution is 5.78. The fraction of sp³-hybridized carbons (Fsp3) is 0.923. The lowest BCUT2D eigenvalue weighted by Gasteiger charge is -2.31. The first kappa shape index (κ1) is 14.5. The Hall–Kier alpha value is -0.610. The van der Waals surface area contributed by atoms with Gasteiger partial charge in [-0.05, 0) is 52.4 Å². The summed E-state index contributed by atoms with van der Waals surface area (Å²) in [4.78, 5) is 14.0. The predicted octanol–water partition coefficient (Wildman–Crippen LogP) is 1.04. The van der Waals surface area contributed by atoms with Gasteiger partial charge < -0.3 is 15.5 Å². The van der Waals surface area contributed by atoms with Gasteiger partial charge in [0.2, 0.25) is 5.91 Å². The van der Waals surface area contributed by atoms with Gasteiger partial charge in [-0.3, -0.25) is 4.79 Å². The second-order valence-corrected chi connectivity index (χ2v) is 5.49. The Bertz CT molecular complexity index is 235. The summed E-state index contributed by atoms with van der Waals surface area (Å²) in [6.45, 7) is 6.22. The normalized spacial score (nSPS) is 20.5. The Balaban J connectivity index is 2.33. The molecule has 2 N–H and O–H groups in total. The van der Waals surface area contributed by atoms with Gasteiger partial charge in [0.15, 0.2) is 0 Å². The van der Waals surface area contributed by atoms with Crippen molar-refractivity contribution in [3.8, 4) is 0 Å². The van der Waals surface area contributed by atoms with Gasteiger partial charge in [0.05, 0.1) is 6.17 Å². The zero-order valence-corrected chi connectivity index (χ0v) is 11.6. The first-order valence-corrected chi connectivity index (χ1v) is 6.69. The van der Waals surface area contributed by atoms with Crippen LogP contribution in [0.2, 0.25) is 0 Å². The molecule has 0 bridgehead atoms. The average molecular weight is 241 g/mol. The second-order valence-electron chi connectivity index (χ2n) is 5.49. The van der Waals surface area contributed by atoms with Crippen LogP contribution in [0.1, 0.15) is 33.1 Å². The fourth-order valence-corrected chi connectivity index (χ4v) is 2.22. The number of rotatable bonds is 5. The third-order valence-corrected chi connectivity index (χ3v) is 3.60. The molecule has 0 aromatic carbocycles. The zero-order chi connectivity index (χ0) is 12.8. The van der Waals surface area contributed by atoms with Crippen LogP contribution in [0.25, 0.3) is 0 Å². The molecule has 0 aliphatic carbocycles. The number of hydrogen-bond donors (Lipinski definition) is 2. The van der Waals surface area contributed by atoms with Crippen LogP contribution >= 0.6 is 0 Å². The fourth-order valence-electron chi connectivity index (χ4n) is 2.22. The van der Waals surface area contributed by atoms with Crippen LogP contribution in [0.15, 0.2) is 0 Å². The Morgan fingerprint density at radius 2 is 1.94 bits per heavy atom. The SMILES string of the molecule is CN[C@H](CC1CCN(C)CC1)NC(=O)C(C)C. The summed E-state index contributed by atoms with van der Waals surface area (Å²) >= 11 is 0. The highest BCUT2D eigenvalue weighted by Crippen LogP contribution is 2.20. The topological polar surface area (TPSA) is 44.4 Å². The Morgan fingerprint density at radius 3 is 2.41 bits per heavy atom. The van der Waals surface area contributed by atoms with Crippen molar-refractivity contribution < 1.29 is 4.79 Å². The van der Waals surface area contributed by atoms with E-state index in [1.54, 1.807) is 0 Å². The number of carbonyl (C=O) groups excluding carboxylic acids is 1. The lowest BCUT2D eigenvalue weighted by Crippen LogP contribution is -2.47. The monoisotopic (exact) mass is 241 g/mol. The number of nitrogens with zero attached hydrogens (tertiary/aromatic N) is 1. The van der Waals surface area contributed by atoms with Gasteiger partial charge >= 0.3 is 0 Å². The van der Waals surface area contributed by atoms with Gasteiger partial charge in [0, 0.05) is 5.92 Å². The van der Waals surface area contributed by atoms with Crippen molar-refractivity contribution in [2.45, 2.75) is 39.3 Å². The zero-order valence-electron chi connectivity index (χ0n) is 11.6. The smallest absolute Gasteiger partial charge is 0.223 e. The lowest BCUT2D eigenvalue weighted by molar-refractivity contribution is -0.125. The van der Waals surface area contributed by atoms with E-state index in [1.807, 2.05) is 20.9 Å². The minimum absolute atomic E-state index is 0.0586. The molecule has 0 spiro atoms. The molecule has 1 aliphatic heterocycles. The first-order valence-electron chi connectivity index (χ1n) is 6.69. The molecular weight excluding hydrogens is 214 g/mol. The van der Waals surface area contributed by atoms with Crippen molar-refractivity contribution in [3.05, 3.63) is 0 Å². The van der Waals surface area contributed by atoms with Crippen LogP contribution in [-0.4, -0.2) is 44.2 Å². The van der Waals surface area contributed by atoms with Gasteiger partial charge in [0.1, 0.15) is 0 Å². The summed E-state index contributed by atoms with van der Waals surface area (Å²) < 4.78 is 0. The van der Waals surface area contributed by atoms with E-state index in [9.17, 15) is 4.79 Å². The number of carbonyl (C=O) groups is 1. The first-order chi connectivity index (χ1) is 8.02. The van der Waals surface area contributed by atoms with Crippen molar-refractivity contribution in [1.82, 2.24) is 15.5 Å². The summed E-state index contributed by atoms with van der Waals surface area (Å²) in [5, 5.41) is 6.26. The lowest BCUT2D eigenvalue weighted by atomic mass is 9.92. The van der Waals surface area contributed by atoms with Gasteiger partial charge in [-0.15, -0.1) is 0 Å². The van der Waals surface area contributed by atoms with Crippen molar-refractivity contribution in [2.75, 3.05) is 27.2 Å². The maximum atomic E-state index is 11.6. The van der Waals surface area contributed by atoms with Crippen LogP contribution in [0.4, 0.5) is 0 Å². The standard InChI is InChI=1S/C13H27N3O/c1-10(2)13(17)15-12(14-3)9-11-5-7-16(4)8-6-11/h10-12,14H,5-9H2,1-4H3,(H,15,17)/t12-/m0/s1. The molecule has 4 nitrogen and oxygen atoms in total. The Kier molecular flexibility index (Phi) is 5.92. The third kappa shape index (κ3) is 5.04. The van der Waals surface area contributed by atoms with Crippen LogP contribution in [0.5, 0.6) is 0 Å². The number of piperidine rings is 1. The molecule has 4 heteroatoms. The molecule has 1 rings (SSSR count). The Labute approximate surface area is 105 Å². The molecule has 17 heavy (non-hydrogen) atoms. The molecule has 1 aliphatic rings. The minimum Gasteiger partial charge on any atom is -0.341 e. The number of nitrogens with one attached hydrogen (secondary N) is 2. The van der Waals surface area contributed by atoms with E-state index < -0.39 is 0 Å². The maximum absolute atomic E-state index is 11.6. The Morgan fingerprint density at radius 1 is 1.35 bits per heavy atom. The molecule has 0 saturated carbocycles. The molecule has 1 amide bonds. The van der Waals surface area contributed by atoms with Crippen LogP contribution in [0, 0.1) is 11.8 Å². The van der Waals surface area contributed by atoms with E-state index in [2.05, 4.69) is 22.6 Å². The molecule has 0 aromatic heterocycles. The minimum atomic E-state index is 0.0586. The van der Waals surface area contributed by atoms with Crippen molar-refractivity contribution in [3.63, 3.8) is 0 Å². The highest BCUT2D eigenvalue weighted by Gasteiger charge is 2.21. The van der Waals surface area contributed by atoms with Gasteiger partial charge in [-0.1, -0.05) is 13.8 Å². The van der Waals surface area contributed by atoms with Crippen LogP contribution in [-0.2, 0) is 4.79 Å². The molecule has 100 valence electrons.